The lowest BCUT2D eigenvalue weighted by molar-refractivity contribution is 0.0992. The van der Waals surface area contributed by atoms with Crippen molar-refractivity contribution >= 4 is 17.7 Å². The first-order valence-corrected chi connectivity index (χ1v) is 9.54. The van der Waals surface area contributed by atoms with Gasteiger partial charge in [-0.05, 0) is 38.3 Å². The molecule has 2 aliphatic rings. The zero-order valence-electron chi connectivity index (χ0n) is 14.0. The third-order valence-corrected chi connectivity index (χ3v) is 5.46. The summed E-state index contributed by atoms with van der Waals surface area (Å²) in [7, 11) is 0. The molecular weight excluding hydrogens is 306 g/mol. The second-order valence-corrected chi connectivity index (χ2v) is 7.83. The third-order valence-electron chi connectivity index (χ3n) is 4.36. The van der Waals surface area contributed by atoms with Crippen LogP contribution >= 0.6 is 11.8 Å². The lowest BCUT2D eigenvalue weighted by atomic mass is 9.96. The minimum Gasteiger partial charge on any atom is -0.373 e. The minimum atomic E-state index is 0.375. The summed E-state index contributed by atoms with van der Waals surface area (Å²) in [6.45, 7) is 6.02. The normalized spacial score (nSPS) is 27.9. The maximum atomic E-state index is 5.92. The number of hydrogen-bond donors (Lipinski definition) is 2. The molecule has 3 rings (SSSR count). The van der Waals surface area contributed by atoms with Crippen molar-refractivity contribution in [1.82, 2.24) is 10.6 Å². The second kappa shape index (κ2) is 8.06. The number of thioether (sulfide) groups is 1. The zero-order valence-corrected chi connectivity index (χ0v) is 14.8. The Morgan fingerprint density at radius 3 is 2.83 bits per heavy atom. The molecule has 0 aromatic heterocycles. The van der Waals surface area contributed by atoms with Gasteiger partial charge < -0.3 is 15.4 Å². The van der Waals surface area contributed by atoms with Crippen LogP contribution in [0.5, 0.6) is 0 Å². The van der Waals surface area contributed by atoms with Gasteiger partial charge in [0.1, 0.15) is 0 Å². The molecule has 0 saturated carbocycles. The molecule has 1 aromatic rings. The van der Waals surface area contributed by atoms with Gasteiger partial charge in [-0.25, -0.2) is 0 Å². The fourth-order valence-corrected chi connectivity index (χ4v) is 4.20. The van der Waals surface area contributed by atoms with Crippen molar-refractivity contribution in [3.8, 4) is 0 Å². The number of hydrogen-bond acceptors (Lipinski definition) is 3. The third kappa shape index (κ3) is 4.64. The van der Waals surface area contributed by atoms with E-state index in [2.05, 4.69) is 54.8 Å². The number of aliphatic imine (C=N–C) groups is 1. The highest BCUT2D eigenvalue weighted by molar-refractivity contribution is 8.00. The molecule has 2 fully saturated rings. The van der Waals surface area contributed by atoms with Crippen LogP contribution in [0.3, 0.4) is 0 Å². The van der Waals surface area contributed by atoms with Crippen LogP contribution in [0.25, 0.3) is 0 Å². The fraction of sp³-hybridized carbons (Fsp3) is 0.611. The lowest BCUT2D eigenvalue weighted by Gasteiger charge is -2.23. The lowest BCUT2D eigenvalue weighted by Crippen LogP contribution is -2.47. The van der Waals surface area contributed by atoms with Crippen molar-refractivity contribution in [3.63, 3.8) is 0 Å². The molecule has 4 atom stereocenters. The summed E-state index contributed by atoms with van der Waals surface area (Å²) in [5.74, 6) is 0.925. The quantitative estimate of drug-likeness (QED) is 0.477. The molecule has 0 radical (unpaired) electrons. The Kier molecular flexibility index (Phi) is 5.84. The summed E-state index contributed by atoms with van der Waals surface area (Å²) in [4.78, 5) is 6.08. The predicted octanol–water partition coefficient (Wildman–Crippen LogP) is 3.04. The summed E-state index contributed by atoms with van der Waals surface area (Å²) in [5, 5.41) is 7.38. The van der Waals surface area contributed by atoms with Crippen LogP contribution in [0.2, 0.25) is 0 Å². The summed E-state index contributed by atoms with van der Waals surface area (Å²) >= 11 is 1.87. The molecule has 23 heavy (non-hydrogen) atoms. The molecule has 2 saturated heterocycles. The van der Waals surface area contributed by atoms with Gasteiger partial charge in [0.05, 0.1) is 24.8 Å². The molecule has 0 amide bonds. The predicted molar refractivity (Wildman–Crippen MR) is 97.2 cm³/mol. The molecule has 2 N–H and O–H groups in total. The molecule has 0 aliphatic carbocycles. The molecule has 2 heterocycles. The summed E-state index contributed by atoms with van der Waals surface area (Å²) in [6.07, 6.45) is 4.36. The van der Waals surface area contributed by atoms with Crippen molar-refractivity contribution in [1.29, 1.82) is 0 Å². The van der Waals surface area contributed by atoms with Crippen LogP contribution in [-0.2, 0) is 4.74 Å². The molecular formula is C18H27N3OS. The molecule has 4 unspecified atom stereocenters. The SMILES string of the molecule is CCNC(=NCC(C)Sc1ccccc1)NC1CC2CCC1O2. The van der Waals surface area contributed by atoms with E-state index in [1.165, 1.54) is 17.7 Å². The number of benzene rings is 1. The van der Waals surface area contributed by atoms with Crippen LogP contribution in [-0.4, -0.2) is 42.5 Å². The first kappa shape index (κ1) is 16.7. The maximum Gasteiger partial charge on any atom is 0.191 e. The number of nitrogens with one attached hydrogen (secondary N) is 2. The van der Waals surface area contributed by atoms with Gasteiger partial charge in [-0.2, -0.15) is 0 Å². The second-order valence-electron chi connectivity index (χ2n) is 6.32. The maximum absolute atomic E-state index is 5.92. The van der Waals surface area contributed by atoms with E-state index >= 15 is 0 Å². The standard InChI is InChI=1S/C18H27N3OS/c1-3-19-18(21-16-11-14-9-10-17(16)22-14)20-12-13(2)23-15-7-5-4-6-8-15/h4-8,13-14,16-17H,3,9-12H2,1-2H3,(H2,19,20,21). The Bertz CT molecular complexity index is 522. The molecule has 1 aromatic carbocycles. The highest BCUT2D eigenvalue weighted by atomic mass is 32.2. The van der Waals surface area contributed by atoms with Gasteiger partial charge in [-0.15, -0.1) is 11.8 Å². The van der Waals surface area contributed by atoms with Crippen LogP contribution in [0.4, 0.5) is 0 Å². The first-order valence-electron chi connectivity index (χ1n) is 8.66. The Morgan fingerprint density at radius 2 is 2.17 bits per heavy atom. The van der Waals surface area contributed by atoms with E-state index in [1.54, 1.807) is 0 Å². The van der Waals surface area contributed by atoms with Gasteiger partial charge in [0.2, 0.25) is 0 Å². The number of guanidine groups is 1. The monoisotopic (exact) mass is 333 g/mol. The van der Waals surface area contributed by atoms with Crippen molar-refractivity contribution < 1.29 is 4.74 Å². The van der Waals surface area contributed by atoms with Gasteiger partial charge in [-0.1, -0.05) is 25.1 Å². The van der Waals surface area contributed by atoms with E-state index in [4.69, 9.17) is 9.73 Å². The molecule has 2 bridgehead atoms. The summed E-state index contributed by atoms with van der Waals surface area (Å²) in [5.41, 5.74) is 0. The minimum absolute atomic E-state index is 0.375. The van der Waals surface area contributed by atoms with E-state index in [1.807, 2.05) is 11.8 Å². The average Bonchev–Trinajstić information content (AvgIpc) is 3.16. The highest BCUT2D eigenvalue weighted by Crippen LogP contribution is 2.34. The summed E-state index contributed by atoms with van der Waals surface area (Å²) < 4.78 is 5.92. The average molecular weight is 334 g/mol. The van der Waals surface area contributed by atoms with Gasteiger partial charge in [0.25, 0.3) is 0 Å². The Balaban J connectivity index is 1.51. The molecule has 4 nitrogen and oxygen atoms in total. The number of nitrogens with zero attached hydrogens (tertiary/aromatic N) is 1. The highest BCUT2D eigenvalue weighted by Gasteiger charge is 2.41. The largest absolute Gasteiger partial charge is 0.373 e. The van der Waals surface area contributed by atoms with Gasteiger partial charge >= 0.3 is 0 Å². The van der Waals surface area contributed by atoms with E-state index in [9.17, 15) is 0 Å². The number of ether oxygens (including phenoxy) is 1. The molecule has 126 valence electrons. The number of rotatable bonds is 6. The van der Waals surface area contributed by atoms with Gasteiger partial charge in [-0.3, -0.25) is 4.99 Å². The van der Waals surface area contributed by atoms with E-state index in [0.29, 0.717) is 23.5 Å². The van der Waals surface area contributed by atoms with E-state index in [0.717, 1.165) is 25.5 Å². The van der Waals surface area contributed by atoms with Crippen LogP contribution in [0.15, 0.2) is 40.2 Å². The van der Waals surface area contributed by atoms with Crippen molar-refractivity contribution in [3.05, 3.63) is 30.3 Å². The van der Waals surface area contributed by atoms with Crippen molar-refractivity contribution in [2.45, 2.75) is 61.5 Å². The zero-order chi connectivity index (χ0) is 16.1. The van der Waals surface area contributed by atoms with Crippen LogP contribution < -0.4 is 10.6 Å². The van der Waals surface area contributed by atoms with Crippen molar-refractivity contribution in [2.24, 2.45) is 4.99 Å². The van der Waals surface area contributed by atoms with Gasteiger partial charge in [0, 0.05) is 16.7 Å². The van der Waals surface area contributed by atoms with E-state index in [-0.39, 0.29) is 0 Å². The Labute approximate surface area is 143 Å². The van der Waals surface area contributed by atoms with Crippen LogP contribution in [0, 0.1) is 0 Å². The topological polar surface area (TPSA) is 45.7 Å². The van der Waals surface area contributed by atoms with Crippen molar-refractivity contribution in [2.75, 3.05) is 13.1 Å². The Hall–Kier alpha value is -1.20. The Morgan fingerprint density at radius 1 is 1.35 bits per heavy atom. The smallest absolute Gasteiger partial charge is 0.191 e. The van der Waals surface area contributed by atoms with Gasteiger partial charge in [0.15, 0.2) is 5.96 Å². The molecule has 5 heteroatoms. The molecule has 2 aliphatic heterocycles. The molecule has 0 spiro atoms. The fourth-order valence-electron chi connectivity index (χ4n) is 3.27. The first-order chi connectivity index (χ1) is 11.2. The van der Waals surface area contributed by atoms with Crippen LogP contribution in [0.1, 0.15) is 33.1 Å². The van der Waals surface area contributed by atoms with E-state index < -0.39 is 0 Å². The number of fused-ring (bicyclic) bond motifs is 2. The summed E-state index contributed by atoms with van der Waals surface area (Å²) in [6, 6.07) is 10.9.